The number of aromatic nitrogens is 1. The number of amides is 1. The lowest BCUT2D eigenvalue weighted by Gasteiger charge is -2.35. The maximum Gasteiger partial charge on any atom is 0.328 e. The summed E-state index contributed by atoms with van der Waals surface area (Å²) in [6.07, 6.45) is 4.18. The fourth-order valence-electron chi connectivity index (χ4n) is 2.38. The molecule has 102 valence electrons. The monoisotopic (exact) mass is 263 g/mol. The van der Waals surface area contributed by atoms with Crippen molar-refractivity contribution in [2.45, 2.75) is 25.3 Å². The van der Waals surface area contributed by atoms with Crippen molar-refractivity contribution < 1.29 is 14.3 Å². The number of nitrogens with two attached hydrogens (primary N) is 1. The van der Waals surface area contributed by atoms with E-state index >= 15 is 0 Å². The first-order valence-electron chi connectivity index (χ1n) is 6.24. The molecule has 0 aliphatic carbocycles. The molecule has 1 atom stereocenters. The Morgan fingerprint density at radius 1 is 1.47 bits per heavy atom. The molecule has 6 nitrogen and oxygen atoms in total. The summed E-state index contributed by atoms with van der Waals surface area (Å²) in [6, 6.07) is 2.88. The maximum atomic E-state index is 11.8. The van der Waals surface area contributed by atoms with Crippen LogP contribution in [0.15, 0.2) is 18.3 Å². The number of piperidine rings is 1. The van der Waals surface area contributed by atoms with Crippen molar-refractivity contribution in [3.05, 3.63) is 23.9 Å². The minimum Gasteiger partial charge on any atom is -0.467 e. The van der Waals surface area contributed by atoms with E-state index in [-0.39, 0.29) is 5.97 Å². The van der Waals surface area contributed by atoms with Crippen LogP contribution in [0, 0.1) is 0 Å². The summed E-state index contributed by atoms with van der Waals surface area (Å²) in [6.45, 7) is 0.664. The Kier molecular flexibility index (Phi) is 3.99. The lowest BCUT2D eigenvalue weighted by molar-refractivity contribution is -0.142. The van der Waals surface area contributed by atoms with Gasteiger partial charge in [0.05, 0.1) is 12.7 Å². The Hall–Kier alpha value is -2.11. The lowest BCUT2D eigenvalue weighted by atomic mass is 10.0. The Bertz CT molecular complexity index is 490. The number of anilines is 1. The highest BCUT2D eigenvalue weighted by atomic mass is 16.5. The van der Waals surface area contributed by atoms with Crippen LogP contribution in [0.2, 0.25) is 0 Å². The van der Waals surface area contributed by atoms with Gasteiger partial charge in [0.15, 0.2) is 0 Å². The molecule has 1 aromatic heterocycles. The lowest BCUT2D eigenvalue weighted by Crippen LogP contribution is -2.46. The van der Waals surface area contributed by atoms with Crippen LogP contribution in [0.25, 0.3) is 0 Å². The van der Waals surface area contributed by atoms with E-state index in [0.717, 1.165) is 12.8 Å². The number of primary amides is 1. The molecule has 0 bridgehead atoms. The zero-order valence-corrected chi connectivity index (χ0v) is 10.8. The SMILES string of the molecule is COC(=O)C1CCCCN1c1ncccc1C(N)=O. The molecule has 1 saturated heterocycles. The molecule has 0 radical (unpaired) electrons. The number of ether oxygens (including phenoxy) is 1. The number of carbonyl (C=O) groups is 2. The van der Waals surface area contributed by atoms with Crippen LogP contribution in [0.4, 0.5) is 5.82 Å². The first-order chi connectivity index (χ1) is 9.15. The molecular weight excluding hydrogens is 246 g/mol. The Morgan fingerprint density at radius 2 is 2.26 bits per heavy atom. The van der Waals surface area contributed by atoms with Gasteiger partial charge in [0.25, 0.3) is 5.91 Å². The summed E-state index contributed by atoms with van der Waals surface area (Å²) < 4.78 is 4.82. The summed E-state index contributed by atoms with van der Waals surface area (Å²) in [5, 5.41) is 0. The van der Waals surface area contributed by atoms with Crippen molar-refractivity contribution in [1.29, 1.82) is 0 Å². The van der Waals surface area contributed by atoms with Crippen LogP contribution < -0.4 is 10.6 Å². The van der Waals surface area contributed by atoms with Gasteiger partial charge in [-0.25, -0.2) is 9.78 Å². The third-order valence-corrected chi connectivity index (χ3v) is 3.30. The largest absolute Gasteiger partial charge is 0.467 e. The minimum atomic E-state index is -0.544. The van der Waals surface area contributed by atoms with Gasteiger partial charge in [0, 0.05) is 12.7 Å². The van der Waals surface area contributed by atoms with E-state index < -0.39 is 11.9 Å². The van der Waals surface area contributed by atoms with Gasteiger partial charge in [-0.05, 0) is 31.4 Å². The molecule has 2 N–H and O–H groups in total. The minimum absolute atomic E-state index is 0.305. The molecule has 0 aromatic carbocycles. The van der Waals surface area contributed by atoms with E-state index in [1.807, 2.05) is 4.90 Å². The van der Waals surface area contributed by atoms with Gasteiger partial charge < -0.3 is 15.4 Å². The quantitative estimate of drug-likeness (QED) is 0.812. The van der Waals surface area contributed by atoms with Crippen LogP contribution in [-0.2, 0) is 9.53 Å². The number of pyridine rings is 1. The first kappa shape index (κ1) is 13.3. The number of esters is 1. The summed E-state index contributed by atoms with van der Waals surface area (Å²) >= 11 is 0. The fourth-order valence-corrected chi connectivity index (χ4v) is 2.38. The summed E-state index contributed by atoms with van der Waals surface area (Å²) in [4.78, 5) is 29.3. The molecule has 1 fully saturated rings. The summed E-state index contributed by atoms with van der Waals surface area (Å²) in [7, 11) is 1.36. The van der Waals surface area contributed by atoms with Gasteiger partial charge in [0.2, 0.25) is 0 Å². The highest BCUT2D eigenvalue weighted by molar-refractivity contribution is 5.98. The normalized spacial score (nSPS) is 19.0. The Morgan fingerprint density at radius 3 is 2.95 bits per heavy atom. The second-order valence-corrected chi connectivity index (χ2v) is 4.47. The molecule has 6 heteroatoms. The molecule has 1 aromatic rings. The molecule has 2 heterocycles. The summed E-state index contributed by atoms with van der Waals surface area (Å²) in [5.41, 5.74) is 5.69. The average molecular weight is 263 g/mol. The predicted molar refractivity (Wildman–Crippen MR) is 69.8 cm³/mol. The summed E-state index contributed by atoms with van der Waals surface area (Å²) in [5.74, 6) is -0.386. The molecule has 1 unspecified atom stereocenters. The zero-order chi connectivity index (χ0) is 13.8. The number of carbonyl (C=O) groups excluding carboxylic acids is 2. The molecule has 1 aliphatic rings. The maximum absolute atomic E-state index is 11.8. The van der Waals surface area contributed by atoms with Gasteiger partial charge in [-0.15, -0.1) is 0 Å². The number of hydrogen-bond donors (Lipinski definition) is 1. The molecule has 1 aliphatic heterocycles. The van der Waals surface area contributed by atoms with E-state index in [4.69, 9.17) is 10.5 Å². The third-order valence-electron chi connectivity index (χ3n) is 3.30. The highest BCUT2D eigenvalue weighted by Gasteiger charge is 2.32. The number of nitrogens with zero attached hydrogens (tertiary/aromatic N) is 2. The van der Waals surface area contributed by atoms with E-state index in [1.165, 1.54) is 7.11 Å². The molecule has 0 spiro atoms. The first-order valence-corrected chi connectivity index (χ1v) is 6.24. The van der Waals surface area contributed by atoms with Crippen molar-refractivity contribution >= 4 is 17.7 Å². The van der Waals surface area contributed by atoms with Gasteiger partial charge in [-0.3, -0.25) is 4.79 Å². The van der Waals surface area contributed by atoms with Crippen molar-refractivity contribution in [2.75, 3.05) is 18.6 Å². The number of hydrogen-bond acceptors (Lipinski definition) is 5. The van der Waals surface area contributed by atoms with Crippen molar-refractivity contribution in [1.82, 2.24) is 4.98 Å². The van der Waals surface area contributed by atoms with Crippen molar-refractivity contribution in [3.63, 3.8) is 0 Å². The number of methoxy groups -OCH3 is 1. The standard InChI is InChI=1S/C13H17N3O3/c1-19-13(18)10-6-2-3-8-16(10)12-9(11(14)17)5-4-7-15-12/h4-5,7,10H,2-3,6,8H2,1H3,(H2,14,17). The topological polar surface area (TPSA) is 85.5 Å². The van der Waals surface area contributed by atoms with Gasteiger partial charge in [0.1, 0.15) is 11.9 Å². The Balaban J connectivity index is 2.37. The van der Waals surface area contributed by atoms with Crippen molar-refractivity contribution in [3.8, 4) is 0 Å². The zero-order valence-electron chi connectivity index (χ0n) is 10.8. The smallest absolute Gasteiger partial charge is 0.328 e. The highest BCUT2D eigenvalue weighted by Crippen LogP contribution is 2.26. The van der Waals surface area contributed by atoms with Crippen LogP contribution in [0.5, 0.6) is 0 Å². The van der Waals surface area contributed by atoms with Gasteiger partial charge in [-0.1, -0.05) is 0 Å². The fraction of sp³-hybridized carbons (Fsp3) is 0.462. The molecule has 0 saturated carbocycles. The van der Waals surface area contributed by atoms with E-state index in [2.05, 4.69) is 4.98 Å². The van der Waals surface area contributed by atoms with E-state index in [0.29, 0.717) is 24.3 Å². The average Bonchev–Trinajstić information content (AvgIpc) is 2.46. The van der Waals surface area contributed by atoms with E-state index in [9.17, 15) is 9.59 Å². The second-order valence-electron chi connectivity index (χ2n) is 4.47. The number of rotatable bonds is 3. The van der Waals surface area contributed by atoms with Crippen LogP contribution >= 0.6 is 0 Å². The second kappa shape index (κ2) is 5.69. The third kappa shape index (κ3) is 2.67. The predicted octanol–water partition coefficient (Wildman–Crippen LogP) is 0.712. The molecule has 2 rings (SSSR count). The van der Waals surface area contributed by atoms with Crippen LogP contribution in [0.1, 0.15) is 29.6 Å². The molecular formula is C13H17N3O3. The Labute approximate surface area is 111 Å². The van der Waals surface area contributed by atoms with E-state index in [1.54, 1.807) is 18.3 Å². The molecule has 19 heavy (non-hydrogen) atoms. The van der Waals surface area contributed by atoms with Gasteiger partial charge in [-0.2, -0.15) is 0 Å². The van der Waals surface area contributed by atoms with Gasteiger partial charge >= 0.3 is 5.97 Å². The van der Waals surface area contributed by atoms with Crippen molar-refractivity contribution in [2.24, 2.45) is 5.73 Å². The van der Waals surface area contributed by atoms with Crippen LogP contribution in [0.3, 0.4) is 0 Å². The van der Waals surface area contributed by atoms with Crippen LogP contribution in [-0.4, -0.2) is 36.6 Å². The molecule has 1 amide bonds.